The molecule has 4 heteroatoms. The van der Waals surface area contributed by atoms with Crippen molar-refractivity contribution in [3.05, 3.63) is 59.8 Å². The van der Waals surface area contributed by atoms with E-state index in [2.05, 4.69) is 5.32 Å². The van der Waals surface area contributed by atoms with E-state index in [1.54, 1.807) is 25.3 Å². The van der Waals surface area contributed by atoms with Gasteiger partial charge in [0.25, 0.3) is 0 Å². The van der Waals surface area contributed by atoms with Gasteiger partial charge in [-0.3, -0.25) is 0 Å². The van der Waals surface area contributed by atoms with Crippen LogP contribution in [0.1, 0.15) is 37.0 Å². The van der Waals surface area contributed by atoms with E-state index < -0.39 is 5.60 Å². The lowest BCUT2D eigenvalue weighted by atomic mass is 9.75. The number of aliphatic hydroxyl groups is 1. The van der Waals surface area contributed by atoms with Crippen molar-refractivity contribution in [2.45, 2.75) is 37.3 Å². The summed E-state index contributed by atoms with van der Waals surface area (Å²) in [6.45, 7) is 2.20. The Balaban J connectivity index is 1.48. The highest BCUT2D eigenvalue weighted by molar-refractivity contribution is 5.23. The van der Waals surface area contributed by atoms with Crippen LogP contribution in [0.25, 0.3) is 0 Å². The van der Waals surface area contributed by atoms with Gasteiger partial charge in [0, 0.05) is 12.6 Å². The van der Waals surface area contributed by atoms with Gasteiger partial charge in [0.05, 0.1) is 6.26 Å². The third kappa shape index (κ3) is 3.17. The lowest BCUT2D eigenvalue weighted by molar-refractivity contribution is 0.0277. The van der Waals surface area contributed by atoms with Gasteiger partial charge in [-0.1, -0.05) is 12.1 Å². The average molecular weight is 289 g/mol. The first-order valence-electron chi connectivity index (χ1n) is 7.30. The molecular formula is C17H20FNO2. The molecule has 1 aliphatic rings. The van der Waals surface area contributed by atoms with Crippen molar-refractivity contribution in [3.63, 3.8) is 0 Å². The van der Waals surface area contributed by atoms with Crippen LogP contribution < -0.4 is 5.32 Å². The molecule has 112 valence electrons. The molecule has 1 unspecified atom stereocenters. The average Bonchev–Trinajstić information content (AvgIpc) is 2.93. The fourth-order valence-electron chi connectivity index (χ4n) is 2.81. The van der Waals surface area contributed by atoms with Gasteiger partial charge in [0.2, 0.25) is 0 Å². The number of rotatable bonds is 5. The van der Waals surface area contributed by atoms with Gasteiger partial charge in [-0.05, 0) is 55.5 Å². The van der Waals surface area contributed by atoms with E-state index in [9.17, 15) is 9.50 Å². The number of benzene rings is 1. The number of hydrogen-bond acceptors (Lipinski definition) is 3. The van der Waals surface area contributed by atoms with Crippen LogP contribution in [0.5, 0.6) is 0 Å². The Bertz CT molecular complexity index is 571. The molecule has 3 nitrogen and oxygen atoms in total. The molecule has 1 aliphatic carbocycles. The van der Waals surface area contributed by atoms with Gasteiger partial charge in [0.15, 0.2) is 0 Å². The molecule has 1 saturated carbocycles. The molecule has 1 aromatic carbocycles. The molecule has 1 aromatic heterocycles. The number of furan rings is 1. The van der Waals surface area contributed by atoms with Crippen molar-refractivity contribution in [2.75, 3.05) is 6.54 Å². The summed E-state index contributed by atoms with van der Waals surface area (Å²) in [5.74, 6) is 0.864. The maximum atomic E-state index is 12.9. The fourth-order valence-corrected chi connectivity index (χ4v) is 2.81. The number of nitrogens with one attached hydrogen (secondary N) is 1. The molecule has 1 atom stereocenters. The minimum Gasteiger partial charge on any atom is -0.466 e. The summed E-state index contributed by atoms with van der Waals surface area (Å²) in [6, 6.07) is 10.7. The molecular weight excluding hydrogens is 269 g/mol. The van der Waals surface area contributed by atoms with E-state index in [1.165, 1.54) is 17.7 Å². The second kappa shape index (κ2) is 5.62. The predicted octanol–water partition coefficient (Wildman–Crippen LogP) is 3.16. The van der Waals surface area contributed by atoms with Crippen molar-refractivity contribution in [1.82, 2.24) is 5.32 Å². The van der Waals surface area contributed by atoms with Crippen molar-refractivity contribution in [1.29, 1.82) is 0 Å². The monoisotopic (exact) mass is 289 g/mol. The molecule has 2 N–H and O–H groups in total. The Morgan fingerprint density at radius 1 is 1.29 bits per heavy atom. The zero-order valence-electron chi connectivity index (χ0n) is 12.1. The summed E-state index contributed by atoms with van der Waals surface area (Å²) >= 11 is 0. The molecule has 1 heterocycles. The fraction of sp³-hybridized carbons (Fsp3) is 0.412. The first kappa shape index (κ1) is 14.3. The summed E-state index contributed by atoms with van der Waals surface area (Å²) in [6.07, 6.45) is 3.59. The SMILES string of the molecule is CC(O)(CNC1CC(c2ccc(F)cc2)C1)c1ccco1. The first-order valence-corrected chi connectivity index (χ1v) is 7.30. The van der Waals surface area contributed by atoms with Crippen molar-refractivity contribution in [3.8, 4) is 0 Å². The maximum absolute atomic E-state index is 12.9. The largest absolute Gasteiger partial charge is 0.466 e. The van der Waals surface area contributed by atoms with Gasteiger partial charge in [-0.25, -0.2) is 4.39 Å². The minimum atomic E-state index is -0.996. The van der Waals surface area contributed by atoms with Crippen molar-refractivity contribution in [2.24, 2.45) is 0 Å². The molecule has 3 rings (SSSR count). The Morgan fingerprint density at radius 3 is 2.62 bits per heavy atom. The van der Waals surface area contributed by atoms with E-state index in [4.69, 9.17) is 4.42 Å². The predicted molar refractivity (Wildman–Crippen MR) is 78.4 cm³/mol. The lowest BCUT2D eigenvalue weighted by Gasteiger charge is -2.38. The zero-order chi connectivity index (χ0) is 14.9. The molecule has 0 aliphatic heterocycles. The summed E-state index contributed by atoms with van der Waals surface area (Å²) < 4.78 is 18.1. The third-order valence-corrected chi connectivity index (χ3v) is 4.27. The molecule has 0 saturated heterocycles. The van der Waals surface area contributed by atoms with E-state index in [0.717, 1.165) is 12.8 Å². The molecule has 0 amide bonds. The smallest absolute Gasteiger partial charge is 0.136 e. The van der Waals surface area contributed by atoms with Gasteiger partial charge < -0.3 is 14.8 Å². The Morgan fingerprint density at radius 2 is 2.00 bits per heavy atom. The van der Waals surface area contributed by atoms with Crippen LogP contribution in [0.2, 0.25) is 0 Å². The Labute approximate surface area is 123 Å². The topological polar surface area (TPSA) is 45.4 Å². The normalized spacial score (nSPS) is 24.3. The van der Waals surface area contributed by atoms with Gasteiger partial charge in [-0.15, -0.1) is 0 Å². The van der Waals surface area contributed by atoms with Gasteiger partial charge in [-0.2, -0.15) is 0 Å². The highest BCUT2D eigenvalue weighted by Gasteiger charge is 2.33. The first-order chi connectivity index (χ1) is 10.0. The van der Waals surface area contributed by atoms with Gasteiger partial charge in [0.1, 0.15) is 17.2 Å². The standard InChI is InChI=1S/C17H20FNO2/c1-17(20,16-3-2-8-21-16)11-19-15-9-13(10-15)12-4-6-14(18)7-5-12/h2-8,13,15,19-20H,9-11H2,1H3. The van der Waals surface area contributed by atoms with E-state index >= 15 is 0 Å². The van der Waals surface area contributed by atoms with Crippen LogP contribution >= 0.6 is 0 Å². The number of hydrogen-bond donors (Lipinski definition) is 2. The molecule has 2 aromatic rings. The number of halogens is 1. The summed E-state index contributed by atoms with van der Waals surface area (Å²) in [5.41, 5.74) is 0.192. The molecule has 0 spiro atoms. The maximum Gasteiger partial charge on any atom is 0.136 e. The van der Waals surface area contributed by atoms with Crippen LogP contribution in [0, 0.1) is 5.82 Å². The summed E-state index contributed by atoms with van der Waals surface area (Å²) in [5, 5.41) is 13.7. The minimum absolute atomic E-state index is 0.192. The third-order valence-electron chi connectivity index (χ3n) is 4.27. The highest BCUT2D eigenvalue weighted by Crippen LogP contribution is 2.37. The van der Waals surface area contributed by atoms with Crippen LogP contribution in [0.4, 0.5) is 4.39 Å². The van der Waals surface area contributed by atoms with E-state index in [-0.39, 0.29) is 5.82 Å². The van der Waals surface area contributed by atoms with Gasteiger partial charge >= 0.3 is 0 Å². The lowest BCUT2D eigenvalue weighted by Crippen LogP contribution is -2.46. The Hall–Kier alpha value is -1.65. The Kier molecular flexibility index (Phi) is 3.83. The van der Waals surface area contributed by atoms with Crippen molar-refractivity contribution >= 4 is 0 Å². The quantitative estimate of drug-likeness (QED) is 0.888. The zero-order valence-corrected chi connectivity index (χ0v) is 12.1. The van der Waals surface area contributed by atoms with Crippen LogP contribution in [-0.4, -0.2) is 17.7 Å². The molecule has 0 bridgehead atoms. The van der Waals surface area contributed by atoms with Crippen LogP contribution in [-0.2, 0) is 5.60 Å². The van der Waals surface area contributed by atoms with Crippen molar-refractivity contribution < 1.29 is 13.9 Å². The second-order valence-electron chi connectivity index (χ2n) is 6.05. The molecule has 1 fully saturated rings. The summed E-state index contributed by atoms with van der Waals surface area (Å²) in [4.78, 5) is 0. The molecule has 21 heavy (non-hydrogen) atoms. The highest BCUT2D eigenvalue weighted by atomic mass is 19.1. The van der Waals surface area contributed by atoms with E-state index in [0.29, 0.717) is 24.3 Å². The van der Waals surface area contributed by atoms with Crippen LogP contribution in [0.15, 0.2) is 47.1 Å². The van der Waals surface area contributed by atoms with Crippen LogP contribution in [0.3, 0.4) is 0 Å². The molecule has 0 radical (unpaired) electrons. The second-order valence-corrected chi connectivity index (χ2v) is 6.05. The summed E-state index contributed by atoms with van der Waals surface area (Å²) in [7, 11) is 0. The van der Waals surface area contributed by atoms with E-state index in [1.807, 2.05) is 12.1 Å².